The minimum atomic E-state index is -1.11. The molecule has 2 unspecified atom stereocenters. The van der Waals surface area contributed by atoms with E-state index in [2.05, 4.69) is 13.2 Å². The molecule has 1 aromatic rings. The molecule has 3 amide bonds. The number of carbonyl (C=O) groups is 3. The van der Waals surface area contributed by atoms with Gasteiger partial charge in [0.05, 0.1) is 24.0 Å². The van der Waals surface area contributed by atoms with Crippen LogP contribution in [-0.2, 0) is 19.1 Å². The topological polar surface area (TPSA) is 90.4 Å². The third-order valence-corrected chi connectivity index (χ3v) is 9.39. The summed E-state index contributed by atoms with van der Waals surface area (Å²) in [6, 6.07) is 8.57. The van der Waals surface area contributed by atoms with Crippen LogP contribution in [0.1, 0.15) is 51.9 Å². The number of carbonyl (C=O) groups excluding carboxylic acids is 3. The monoisotopic (exact) mass is 535 g/mol. The van der Waals surface area contributed by atoms with Gasteiger partial charge in [-0.3, -0.25) is 14.4 Å². The van der Waals surface area contributed by atoms with Crippen LogP contribution in [-0.4, -0.2) is 82.2 Å². The molecule has 1 aliphatic carbocycles. The van der Waals surface area contributed by atoms with E-state index >= 15 is 0 Å². The van der Waals surface area contributed by atoms with Crippen LogP contribution in [0.2, 0.25) is 0 Å². The molecule has 0 radical (unpaired) electrons. The van der Waals surface area contributed by atoms with Gasteiger partial charge in [-0.1, -0.05) is 49.6 Å². The molecule has 3 heterocycles. The second-order valence-electron chi connectivity index (χ2n) is 11.6. The minimum absolute atomic E-state index is 0.0239. The van der Waals surface area contributed by atoms with Crippen LogP contribution in [0, 0.1) is 11.8 Å². The van der Waals surface area contributed by atoms with Gasteiger partial charge in [-0.05, 0) is 44.7 Å². The maximum Gasteiger partial charge on any atom is 0.248 e. The lowest BCUT2D eigenvalue weighted by Gasteiger charge is -2.40. The number of fused-ring (bicyclic) bond motifs is 1. The van der Waals surface area contributed by atoms with Crippen molar-refractivity contribution in [2.75, 3.05) is 31.1 Å². The summed E-state index contributed by atoms with van der Waals surface area (Å²) in [7, 11) is 0. The average molecular weight is 536 g/mol. The van der Waals surface area contributed by atoms with E-state index in [1.807, 2.05) is 42.2 Å². The van der Waals surface area contributed by atoms with E-state index in [9.17, 15) is 19.5 Å². The number of benzene rings is 1. The van der Waals surface area contributed by atoms with E-state index in [0.717, 1.165) is 37.8 Å². The molecule has 5 atom stereocenters. The highest BCUT2D eigenvalue weighted by molar-refractivity contribution is 6.03. The normalized spacial score (nSPS) is 31.7. The van der Waals surface area contributed by atoms with Crippen molar-refractivity contribution in [2.24, 2.45) is 11.8 Å². The molecule has 4 fully saturated rings. The number of aliphatic hydroxyl groups excluding tert-OH is 1. The summed E-state index contributed by atoms with van der Waals surface area (Å²) in [5, 5.41) is 9.94. The molecule has 8 nitrogen and oxygen atoms in total. The van der Waals surface area contributed by atoms with Gasteiger partial charge in [0, 0.05) is 31.4 Å². The van der Waals surface area contributed by atoms with Crippen molar-refractivity contribution < 1.29 is 24.2 Å². The summed E-state index contributed by atoms with van der Waals surface area (Å²) in [5.41, 5.74) is -1.25. The molecule has 1 N–H and O–H groups in total. The molecule has 1 saturated carbocycles. The number of hydrogen-bond acceptors (Lipinski definition) is 5. The van der Waals surface area contributed by atoms with Crippen molar-refractivity contribution in [3.8, 4) is 0 Å². The van der Waals surface area contributed by atoms with Crippen LogP contribution in [0.3, 0.4) is 0 Å². The van der Waals surface area contributed by atoms with E-state index in [4.69, 9.17) is 4.74 Å². The molecule has 3 aliphatic heterocycles. The maximum absolute atomic E-state index is 14.4. The SMILES string of the molecule is C=CCN(C(=O)[C@@H]1[C@H]2C(=O)N(CCO)C(C(=O)N(CC=C)C3CCCCC3)C23CC[C@@]1(C)O3)c1ccccc1. The summed E-state index contributed by atoms with van der Waals surface area (Å²) >= 11 is 0. The Balaban J connectivity index is 1.54. The highest BCUT2D eigenvalue weighted by Crippen LogP contribution is 2.63. The molecule has 8 heteroatoms. The first-order valence-corrected chi connectivity index (χ1v) is 14.3. The first kappa shape index (κ1) is 27.6. The molecule has 210 valence electrons. The number of amides is 3. The van der Waals surface area contributed by atoms with Crippen molar-refractivity contribution in [3.05, 3.63) is 55.6 Å². The number of hydrogen-bond donors (Lipinski definition) is 1. The van der Waals surface area contributed by atoms with Crippen molar-refractivity contribution >= 4 is 23.4 Å². The molecule has 2 bridgehead atoms. The van der Waals surface area contributed by atoms with Gasteiger partial charge in [0.25, 0.3) is 0 Å². The number of likely N-dealkylation sites (tertiary alicyclic amines) is 1. The lowest BCUT2D eigenvalue weighted by Crippen LogP contribution is -2.58. The second-order valence-corrected chi connectivity index (χ2v) is 11.6. The van der Waals surface area contributed by atoms with Crippen LogP contribution < -0.4 is 4.90 Å². The second kappa shape index (κ2) is 10.9. The van der Waals surface area contributed by atoms with Gasteiger partial charge in [0.2, 0.25) is 17.7 Å². The van der Waals surface area contributed by atoms with E-state index in [1.54, 1.807) is 17.1 Å². The smallest absolute Gasteiger partial charge is 0.248 e. The quantitative estimate of drug-likeness (QED) is 0.465. The van der Waals surface area contributed by atoms with Crippen molar-refractivity contribution in [3.63, 3.8) is 0 Å². The maximum atomic E-state index is 14.4. The van der Waals surface area contributed by atoms with E-state index in [-0.39, 0.29) is 36.9 Å². The minimum Gasteiger partial charge on any atom is -0.395 e. The highest BCUT2D eigenvalue weighted by atomic mass is 16.5. The Bertz CT molecular complexity index is 1120. The van der Waals surface area contributed by atoms with Crippen molar-refractivity contribution in [1.82, 2.24) is 9.80 Å². The highest BCUT2D eigenvalue weighted by Gasteiger charge is 2.78. The van der Waals surface area contributed by atoms with E-state index in [0.29, 0.717) is 25.9 Å². The van der Waals surface area contributed by atoms with Gasteiger partial charge in [-0.2, -0.15) is 0 Å². The number of nitrogens with zero attached hydrogens (tertiary/aromatic N) is 3. The summed E-state index contributed by atoms with van der Waals surface area (Å²) < 4.78 is 6.77. The summed E-state index contributed by atoms with van der Waals surface area (Å²) in [4.78, 5) is 47.9. The van der Waals surface area contributed by atoms with Gasteiger partial charge >= 0.3 is 0 Å². The summed E-state index contributed by atoms with van der Waals surface area (Å²) in [5.74, 6) is -2.18. The zero-order valence-corrected chi connectivity index (χ0v) is 23.0. The lowest BCUT2D eigenvalue weighted by molar-refractivity contribution is -0.153. The van der Waals surface area contributed by atoms with Crippen LogP contribution in [0.25, 0.3) is 0 Å². The zero-order chi connectivity index (χ0) is 27.8. The predicted octanol–water partition coefficient (Wildman–Crippen LogP) is 3.31. The fraction of sp³-hybridized carbons (Fsp3) is 0.581. The summed E-state index contributed by atoms with van der Waals surface area (Å²) in [6.07, 6.45) is 9.63. The summed E-state index contributed by atoms with van der Waals surface area (Å²) in [6.45, 7) is 10.1. The molecular formula is C31H41N3O5. The van der Waals surface area contributed by atoms with Crippen LogP contribution in [0.4, 0.5) is 5.69 Å². The molecule has 1 aromatic carbocycles. The Morgan fingerprint density at radius 1 is 1.08 bits per heavy atom. The Kier molecular flexibility index (Phi) is 7.71. The lowest BCUT2D eigenvalue weighted by atomic mass is 9.66. The fourth-order valence-electron chi connectivity index (χ4n) is 7.76. The molecule has 3 saturated heterocycles. The number of ether oxygens (including phenoxy) is 1. The molecular weight excluding hydrogens is 494 g/mol. The van der Waals surface area contributed by atoms with Gasteiger partial charge in [-0.15, -0.1) is 13.2 Å². The Hall–Kier alpha value is -2.97. The Morgan fingerprint density at radius 2 is 1.77 bits per heavy atom. The molecule has 39 heavy (non-hydrogen) atoms. The third kappa shape index (κ3) is 4.42. The molecule has 4 aliphatic rings. The van der Waals surface area contributed by atoms with Crippen LogP contribution >= 0.6 is 0 Å². The third-order valence-electron chi connectivity index (χ3n) is 9.39. The number of para-hydroxylation sites is 1. The van der Waals surface area contributed by atoms with Crippen LogP contribution in [0.5, 0.6) is 0 Å². The molecule has 5 rings (SSSR count). The number of anilines is 1. The first-order valence-electron chi connectivity index (χ1n) is 14.3. The van der Waals surface area contributed by atoms with Crippen LogP contribution in [0.15, 0.2) is 55.6 Å². The largest absolute Gasteiger partial charge is 0.395 e. The van der Waals surface area contributed by atoms with Crippen molar-refractivity contribution in [2.45, 2.75) is 75.2 Å². The number of rotatable bonds is 10. The standard InChI is InChI=1S/C31H41N3O5/c1-4-18-32(22-12-8-6-9-13-22)27(36)24-25-28(37)34(20-21-35)26(31(25)17-16-30(24,3)39-31)29(38)33(19-5-2)23-14-10-7-11-15-23/h4-6,8-9,12-13,23-26,35H,1-2,7,10-11,14-21H2,3H3/t24-,25-,26?,30+,31?/m0/s1. The zero-order valence-electron chi connectivity index (χ0n) is 23.0. The number of aliphatic hydroxyl groups is 1. The van der Waals surface area contributed by atoms with E-state index < -0.39 is 29.1 Å². The number of β-amino-alcohol motifs (C(OH)–C–C–N with tert-alkyl or cyclic N) is 1. The van der Waals surface area contributed by atoms with Gasteiger partial charge in [-0.25, -0.2) is 0 Å². The Morgan fingerprint density at radius 3 is 2.41 bits per heavy atom. The fourth-order valence-corrected chi connectivity index (χ4v) is 7.76. The predicted molar refractivity (Wildman–Crippen MR) is 149 cm³/mol. The molecule has 0 aromatic heterocycles. The van der Waals surface area contributed by atoms with Gasteiger partial charge < -0.3 is 24.5 Å². The van der Waals surface area contributed by atoms with Gasteiger partial charge in [0.15, 0.2) is 0 Å². The Labute approximate surface area is 231 Å². The first-order chi connectivity index (χ1) is 18.8. The molecule has 1 spiro atoms. The van der Waals surface area contributed by atoms with Crippen molar-refractivity contribution in [1.29, 1.82) is 0 Å². The average Bonchev–Trinajstić information content (AvgIpc) is 3.51. The van der Waals surface area contributed by atoms with E-state index in [1.165, 1.54) is 4.90 Å². The van der Waals surface area contributed by atoms with Gasteiger partial charge in [0.1, 0.15) is 11.6 Å².